The molecule has 4 atom stereocenters. The minimum atomic E-state index is -1.60. The zero-order valence-electron chi connectivity index (χ0n) is 25.4. The molecule has 46 heavy (non-hydrogen) atoms. The second kappa shape index (κ2) is 11.4. The number of likely N-dealkylation sites (tertiary alicyclic amines) is 2. The van der Waals surface area contributed by atoms with Crippen molar-refractivity contribution < 1.29 is 43.6 Å². The van der Waals surface area contributed by atoms with Gasteiger partial charge >= 0.3 is 20.2 Å². The molecule has 3 fully saturated rings. The molecule has 0 bridgehead atoms. The molecule has 3 N–H and O–H groups in total. The number of rotatable bonds is 6. The van der Waals surface area contributed by atoms with E-state index in [1.165, 1.54) is 4.90 Å². The number of carboxylic acid groups (broad SMARTS) is 1. The average molecular weight is 647 g/mol. The van der Waals surface area contributed by atoms with Crippen molar-refractivity contribution in [1.29, 1.82) is 0 Å². The molecule has 5 heterocycles. The van der Waals surface area contributed by atoms with E-state index in [2.05, 4.69) is 0 Å². The third kappa shape index (κ3) is 5.12. The SMILES string of the molecule is CC1([C@@H]2CN(C(=O)c3ccc4c(c3)B(O)OC4)[C@](S)(C(=O)N3CCCC[C@H]3CC(=O)O)C2)CN1C(=O)c1ccc2c(c1)B(O)OC2. The Balaban J connectivity index is 1.19. The van der Waals surface area contributed by atoms with Gasteiger partial charge in [0.05, 0.1) is 25.2 Å². The average Bonchev–Trinajstić information content (AvgIpc) is 3.28. The van der Waals surface area contributed by atoms with E-state index in [0.29, 0.717) is 42.4 Å². The van der Waals surface area contributed by atoms with E-state index in [9.17, 15) is 34.3 Å². The Morgan fingerprint density at radius 1 is 0.935 bits per heavy atom. The zero-order chi connectivity index (χ0) is 32.5. The van der Waals surface area contributed by atoms with Crippen LogP contribution in [0.15, 0.2) is 36.4 Å². The monoisotopic (exact) mass is 647 g/mol. The van der Waals surface area contributed by atoms with E-state index in [0.717, 1.165) is 17.5 Å². The first-order valence-electron chi connectivity index (χ1n) is 15.6. The molecule has 12 nitrogen and oxygen atoms in total. The number of piperidine rings is 1. The second-order valence-corrected chi connectivity index (χ2v) is 14.0. The van der Waals surface area contributed by atoms with Crippen LogP contribution in [0.25, 0.3) is 0 Å². The van der Waals surface area contributed by atoms with Gasteiger partial charge in [0.1, 0.15) is 0 Å². The lowest BCUT2D eigenvalue weighted by atomic mass is 9.78. The molecular formula is C31H35B2N3O9S. The second-order valence-electron chi connectivity index (χ2n) is 13.3. The molecule has 0 spiro atoms. The summed E-state index contributed by atoms with van der Waals surface area (Å²) in [5.74, 6) is -2.42. The maximum atomic E-state index is 14.5. The Kier molecular flexibility index (Phi) is 7.75. The lowest BCUT2D eigenvalue weighted by molar-refractivity contribution is -0.144. The molecule has 5 aliphatic heterocycles. The van der Waals surface area contributed by atoms with Crippen molar-refractivity contribution in [3.8, 4) is 0 Å². The van der Waals surface area contributed by atoms with Gasteiger partial charge in [0.15, 0.2) is 4.87 Å². The van der Waals surface area contributed by atoms with Crippen molar-refractivity contribution in [2.45, 2.75) is 68.7 Å². The quantitative estimate of drug-likeness (QED) is 0.192. The van der Waals surface area contributed by atoms with E-state index in [4.69, 9.17) is 21.9 Å². The molecule has 1 unspecified atom stereocenters. The normalized spacial score (nSPS) is 28.4. The first-order chi connectivity index (χ1) is 21.9. The van der Waals surface area contributed by atoms with E-state index in [1.807, 2.05) is 6.92 Å². The first kappa shape index (κ1) is 31.2. The number of thiol groups is 1. The summed E-state index contributed by atoms with van der Waals surface area (Å²) in [6, 6.07) is 9.57. The summed E-state index contributed by atoms with van der Waals surface area (Å²) in [4.78, 5) is 57.2. The Morgan fingerprint density at radius 3 is 2.11 bits per heavy atom. The van der Waals surface area contributed by atoms with Gasteiger partial charge in [-0.05, 0) is 78.9 Å². The highest BCUT2D eigenvalue weighted by atomic mass is 32.1. The van der Waals surface area contributed by atoms with Crippen LogP contribution in [0.3, 0.4) is 0 Å². The highest BCUT2D eigenvalue weighted by Gasteiger charge is 2.64. The number of aliphatic carboxylic acids is 1. The smallest absolute Gasteiger partial charge is 0.481 e. The molecular weight excluding hydrogens is 612 g/mol. The Hall–Kier alpha value is -3.36. The highest BCUT2D eigenvalue weighted by Crippen LogP contribution is 2.51. The van der Waals surface area contributed by atoms with Crippen LogP contribution >= 0.6 is 12.6 Å². The Bertz CT molecular complexity index is 1650. The van der Waals surface area contributed by atoms with Gasteiger partial charge in [0.2, 0.25) is 0 Å². The maximum Gasteiger partial charge on any atom is 0.491 e. The van der Waals surface area contributed by atoms with Crippen LogP contribution in [0, 0.1) is 5.92 Å². The van der Waals surface area contributed by atoms with Crippen LogP contribution in [0.1, 0.15) is 70.9 Å². The number of fused-ring (bicyclic) bond motifs is 2. The molecule has 240 valence electrons. The van der Waals surface area contributed by atoms with Crippen molar-refractivity contribution >= 4 is 61.5 Å². The minimum Gasteiger partial charge on any atom is -0.481 e. The summed E-state index contributed by atoms with van der Waals surface area (Å²) in [6.45, 7) is 3.34. The molecule has 5 aliphatic rings. The van der Waals surface area contributed by atoms with Crippen molar-refractivity contribution in [2.24, 2.45) is 5.92 Å². The summed E-state index contributed by atoms with van der Waals surface area (Å²) in [5.41, 5.74) is 2.65. The standard InChI is InChI=1S/C31H35B2N3O9S/c1-30(17-36(30)28(40)19-6-8-21-16-45-33(43)25(21)11-19)22-13-31(46,29(41)34-9-3-2-4-23(34)12-26(37)38)35(14-22)27(39)18-5-7-20-15-44-32(42)24(20)10-18/h5-8,10-11,22-23,42-43,46H,2-4,9,12-17H2,1H3,(H,37,38)/t22-,23-,30?,31+,36?/m0/s1. The van der Waals surface area contributed by atoms with Crippen LogP contribution in [0.5, 0.6) is 0 Å². The van der Waals surface area contributed by atoms with Crippen molar-refractivity contribution in [3.05, 3.63) is 58.7 Å². The fraction of sp³-hybridized carbons (Fsp3) is 0.484. The number of benzene rings is 2. The summed E-state index contributed by atoms with van der Waals surface area (Å²) in [5, 5.41) is 30.0. The van der Waals surface area contributed by atoms with Gasteiger partial charge in [-0.25, -0.2) is 0 Å². The number of amides is 3. The van der Waals surface area contributed by atoms with Crippen LogP contribution < -0.4 is 10.9 Å². The van der Waals surface area contributed by atoms with Crippen molar-refractivity contribution in [1.82, 2.24) is 14.7 Å². The van der Waals surface area contributed by atoms with Crippen LogP contribution in [-0.2, 0) is 32.1 Å². The summed E-state index contributed by atoms with van der Waals surface area (Å²) in [6.07, 6.45) is 2.02. The predicted molar refractivity (Wildman–Crippen MR) is 170 cm³/mol. The zero-order valence-corrected chi connectivity index (χ0v) is 26.3. The largest absolute Gasteiger partial charge is 0.491 e. The lowest BCUT2D eigenvalue weighted by Gasteiger charge is -2.42. The van der Waals surface area contributed by atoms with Crippen LogP contribution in [0.2, 0.25) is 0 Å². The van der Waals surface area contributed by atoms with E-state index < -0.39 is 48.5 Å². The number of hydrogen-bond donors (Lipinski definition) is 4. The molecule has 0 aromatic heterocycles. The van der Waals surface area contributed by atoms with Crippen molar-refractivity contribution in [2.75, 3.05) is 19.6 Å². The molecule has 0 saturated carbocycles. The van der Waals surface area contributed by atoms with Gasteiger partial charge in [0, 0.05) is 42.7 Å². The molecule has 2 aromatic carbocycles. The van der Waals surface area contributed by atoms with Crippen molar-refractivity contribution in [3.63, 3.8) is 0 Å². The number of carbonyl (C=O) groups excluding carboxylic acids is 3. The Labute approximate surface area is 272 Å². The van der Waals surface area contributed by atoms with E-state index in [1.54, 1.807) is 46.2 Å². The van der Waals surface area contributed by atoms with Gasteiger partial charge in [-0.1, -0.05) is 12.1 Å². The third-order valence-corrected chi connectivity index (χ3v) is 11.1. The van der Waals surface area contributed by atoms with Gasteiger partial charge in [-0.15, -0.1) is 12.6 Å². The van der Waals surface area contributed by atoms with Gasteiger partial charge in [0.25, 0.3) is 17.7 Å². The van der Waals surface area contributed by atoms with Crippen LogP contribution in [-0.4, -0.2) is 104 Å². The third-order valence-electron chi connectivity index (χ3n) is 10.5. The van der Waals surface area contributed by atoms with Gasteiger partial charge in [-0.2, -0.15) is 0 Å². The molecule has 0 aliphatic carbocycles. The fourth-order valence-corrected chi connectivity index (χ4v) is 8.14. The topological polar surface area (TPSA) is 157 Å². The summed E-state index contributed by atoms with van der Waals surface area (Å²) < 4.78 is 10.6. The predicted octanol–water partition coefficient (Wildman–Crippen LogP) is -0.0193. The Morgan fingerprint density at radius 2 is 1.52 bits per heavy atom. The molecule has 15 heteroatoms. The van der Waals surface area contributed by atoms with E-state index >= 15 is 0 Å². The van der Waals surface area contributed by atoms with Crippen LogP contribution in [0.4, 0.5) is 0 Å². The van der Waals surface area contributed by atoms with Gasteiger partial charge < -0.3 is 39.2 Å². The summed E-state index contributed by atoms with van der Waals surface area (Å²) >= 11 is 4.97. The summed E-state index contributed by atoms with van der Waals surface area (Å²) in [7, 11) is -2.24. The minimum absolute atomic E-state index is 0.138. The number of nitrogens with zero attached hydrogens (tertiary/aromatic N) is 3. The highest BCUT2D eigenvalue weighted by molar-refractivity contribution is 7.82. The number of carbonyl (C=O) groups is 4. The first-order valence-corrected chi connectivity index (χ1v) is 16.1. The fourth-order valence-electron chi connectivity index (χ4n) is 7.62. The molecule has 2 aromatic rings. The molecule has 3 saturated heterocycles. The molecule has 7 rings (SSSR count). The van der Waals surface area contributed by atoms with Gasteiger partial charge in [-0.3, -0.25) is 19.2 Å². The molecule has 3 amide bonds. The van der Waals surface area contributed by atoms with E-state index in [-0.39, 0.29) is 50.0 Å². The molecule has 0 radical (unpaired) electrons. The maximum absolute atomic E-state index is 14.5. The number of carboxylic acids is 1. The number of hydrogen-bond acceptors (Lipinski definition) is 9. The lowest BCUT2D eigenvalue weighted by Crippen LogP contribution is -2.58.